The molecule has 0 saturated heterocycles. The van der Waals surface area contributed by atoms with E-state index in [9.17, 15) is 4.79 Å². The Morgan fingerprint density at radius 2 is 1.52 bits per heavy atom. The van der Waals surface area contributed by atoms with Gasteiger partial charge in [0, 0.05) is 24.8 Å². The number of benzene rings is 2. The van der Waals surface area contributed by atoms with Gasteiger partial charge >= 0.3 is 0 Å². The first kappa shape index (κ1) is 19.0. The topological polar surface area (TPSA) is 38.8 Å². The standard InChI is InChI=1S/C20H22ClNO3/c1-24-14-13-22(18(23)15-21)19(16-9-5-3-6-10-16)20(25-2)17-11-7-4-8-12-17/h3-12H,13-15H2,1-2H3/b20-19-. The average molecular weight is 360 g/mol. The molecule has 0 spiro atoms. The van der Waals surface area contributed by atoms with Gasteiger partial charge in [-0.3, -0.25) is 4.79 Å². The minimum atomic E-state index is -0.206. The van der Waals surface area contributed by atoms with E-state index in [1.807, 2.05) is 60.7 Å². The third-order valence-corrected chi connectivity index (χ3v) is 3.94. The maximum absolute atomic E-state index is 12.5. The Morgan fingerprint density at radius 3 is 2.00 bits per heavy atom. The lowest BCUT2D eigenvalue weighted by molar-refractivity contribution is -0.125. The molecule has 0 unspecified atom stereocenters. The summed E-state index contributed by atoms with van der Waals surface area (Å²) >= 11 is 5.86. The van der Waals surface area contributed by atoms with Crippen molar-refractivity contribution in [1.82, 2.24) is 4.90 Å². The number of alkyl halides is 1. The number of hydrogen-bond acceptors (Lipinski definition) is 3. The molecule has 0 heterocycles. The smallest absolute Gasteiger partial charge is 0.242 e. The van der Waals surface area contributed by atoms with Crippen molar-refractivity contribution in [3.05, 3.63) is 71.8 Å². The van der Waals surface area contributed by atoms with Crippen molar-refractivity contribution in [3.63, 3.8) is 0 Å². The molecule has 132 valence electrons. The van der Waals surface area contributed by atoms with E-state index in [-0.39, 0.29) is 11.8 Å². The zero-order valence-electron chi connectivity index (χ0n) is 14.4. The molecular formula is C20H22ClNO3. The minimum absolute atomic E-state index is 0.119. The second-order valence-corrected chi connectivity index (χ2v) is 5.55. The summed E-state index contributed by atoms with van der Waals surface area (Å²) in [5.74, 6) is 0.288. The lowest BCUT2D eigenvalue weighted by atomic mass is 10.0. The number of methoxy groups -OCH3 is 2. The van der Waals surface area contributed by atoms with Crippen LogP contribution in [0.5, 0.6) is 0 Å². The van der Waals surface area contributed by atoms with Crippen molar-refractivity contribution in [2.45, 2.75) is 0 Å². The van der Waals surface area contributed by atoms with E-state index in [2.05, 4.69) is 0 Å². The monoisotopic (exact) mass is 359 g/mol. The van der Waals surface area contributed by atoms with Crippen LogP contribution in [0.2, 0.25) is 0 Å². The second kappa shape index (κ2) is 9.87. The maximum Gasteiger partial charge on any atom is 0.242 e. The van der Waals surface area contributed by atoms with E-state index in [1.54, 1.807) is 19.1 Å². The predicted octanol–water partition coefficient (Wildman–Crippen LogP) is 3.87. The molecule has 0 aliphatic rings. The largest absolute Gasteiger partial charge is 0.494 e. The Morgan fingerprint density at radius 1 is 0.960 bits per heavy atom. The summed E-state index contributed by atoms with van der Waals surface area (Å²) in [6.07, 6.45) is 0. The van der Waals surface area contributed by atoms with Gasteiger partial charge in [0.15, 0.2) is 0 Å². The summed E-state index contributed by atoms with van der Waals surface area (Å²) in [5, 5.41) is 0. The van der Waals surface area contributed by atoms with E-state index in [0.29, 0.717) is 24.6 Å². The Balaban J connectivity index is 2.66. The Labute approximate surface area is 153 Å². The number of nitrogens with zero attached hydrogens (tertiary/aromatic N) is 1. The zero-order chi connectivity index (χ0) is 18.1. The number of carbonyl (C=O) groups is 1. The molecule has 0 aliphatic heterocycles. The van der Waals surface area contributed by atoms with Crippen molar-refractivity contribution in [1.29, 1.82) is 0 Å². The molecule has 1 amide bonds. The van der Waals surface area contributed by atoms with Crippen LogP contribution >= 0.6 is 11.6 Å². The SMILES string of the molecule is COCCN(C(=O)CCl)/C(=C(\OC)c1ccccc1)c1ccccc1. The van der Waals surface area contributed by atoms with Gasteiger partial charge in [0.1, 0.15) is 11.6 Å². The second-order valence-electron chi connectivity index (χ2n) is 5.29. The molecule has 4 nitrogen and oxygen atoms in total. The van der Waals surface area contributed by atoms with Gasteiger partial charge in [-0.2, -0.15) is 0 Å². The Kier molecular flexibility index (Phi) is 7.51. The Hall–Kier alpha value is -2.30. The van der Waals surface area contributed by atoms with Crippen LogP contribution in [0.4, 0.5) is 0 Å². The van der Waals surface area contributed by atoms with Crippen molar-refractivity contribution in [2.75, 3.05) is 33.3 Å². The van der Waals surface area contributed by atoms with Gasteiger partial charge in [0.2, 0.25) is 5.91 Å². The molecule has 0 aliphatic carbocycles. The van der Waals surface area contributed by atoms with Crippen LogP contribution in [0, 0.1) is 0 Å². The molecule has 25 heavy (non-hydrogen) atoms. The summed E-state index contributed by atoms with van der Waals surface area (Å²) in [7, 11) is 3.20. The van der Waals surface area contributed by atoms with Gasteiger partial charge in [0.05, 0.1) is 19.4 Å². The number of rotatable bonds is 8. The molecular weight excluding hydrogens is 338 g/mol. The Bertz CT molecular complexity index is 701. The summed E-state index contributed by atoms with van der Waals surface area (Å²) in [6, 6.07) is 19.4. The van der Waals surface area contributed by atoms with Gasteiger partial charge < -0.3 is 14.4 Å². The van der Waals surface area contributed by atoms with Gasteiger partial charge in [-0.1, -0.05) is 60.7 Å². The number of hydrogen-bond donors (Lipinski definition) is 0. The molecule has 2 aromatic rings. The highest BCUT2D eigenvalue weighted by molar-refractivity contribution is 6.28. The maximum atomic E-state index is 12.5. The van der Waals surface area contributed by atoms with Crippen LogP contribution in [-0.2, 0) is 14.3 Å². The molecule has 0 radical (unpaired) electrons. The van der Waals surface area contributed by atoms with Crippen molar-refractivity contribution in [3.8, 4) is 0 Å². The molecule has 0 saturated carbocycles. The highest BCUT2D eigenvalue weighted by atomic mass is 35.5. The fourth-order valence-corrected chi connectivity index (χ4v) is 2.71. The van der Waals surface area contributed by atoms with E-state index >= 15 is 0 Å². The van der Waals surface area contributed by atoms with E-state index in [4.69, 9.17) is 21.1 Å². The number of carbonyl (C=O) groups excluding carboxylic acids is 1. The highest BCUT2D eigenvalue weighted by Gasteiger charge is 2.24. The molecule has 0 bridgehead atoms. The van der Waals surface area contributed by atoms with Crippen molar-refractivity contribution < 1.29 is 14.3 Å². The number of ether oxygens (including phenoxy) is 2. The number of amides is 1. The first-order valence-corrected chi connectivity index (χ1v) is 8.50. The fourth-order valence-electron chi connectivity index (χ4n) is 2.56. The fraction of sp³-hybridized carbons (Fsp3) is 0.250. The third-order valence-electron chi connectivity index (χ3n) is 3.71. The lowest BCUT2D eigenvalue weighted by Crippen LogP contribution is -2.34. The molecule has 5 heteroatoms. The molecule has 2 rings (SSSR count). The van der Waals surface area contributed by atoms with E-state index in [1.165, 1.54) is 0 Å². The summed E-state index contributed by atoms with van der Waals surface area (Å²) < 4.78 is 10.9. The minimum Gasteiger partial charge on any atom is -0.494 e. The molecule has 2 aromatic carbocycles. The molecule has 0 N–H and O–H groups in total. The third kappa shape index (κ3) is 4.84. The predicted molar refractivity (Wildman–Crippen MR) is 101 cm³/mol. The van der Waals surface area contributed by atoms with Gasteiger partial charge in [-0.25, -0.2) is 0 Å². The first-order valence-electron chi connectivity index (χ1n) is 7.97. The van der Waals surface area contributed by atoms with Crippen LogP contribution in [0.15, 0.2) is 60.7 Å². The van der Waals surface area contributed by atoms with Gasteiger partial charge in [-0.15, -0.1) is 11.6 Å². The van der Waals surface area contributed by atoms with Gasteiger partial charge in [-0.05, 0) is 0 Å². The first-order chi connectivity index (χ1) is 12.2. The van der Waals surface area contributed by atoms with Crippen LogP contribution in [0.3, 0.4) is 0 Å². The summed E-state index contributed by atoms with van der Waals surface area (Å²) in [4.78, 5) is 14.2. The molecule has 0 fully saturated rings. The normalized spacial score (nSPS) is 11.6. The lowest BCUT2D eigenvalue weighted by Gasteiger charge is -2.27. The molecule has 0 atom stereocenters. The van der Waals surface area contributed by atoms with Crippen LogP contribution in [-0.4, -0.2) is 44.1 Å². The summed E-state index contributed by atoms with van der Waals surface area (Å²) in [6.45, 7) is 0.775. The molecule has 0 aromatic heterocycles. The quantitative estimate of drug-likeness (QED) is 0.408. The number of halogens is 1. The van der Waals surface area contributed by atoms with E-state index in [0.717, 1.165) is 11.1 Å². The van der Waals surface area contributed by atoms with Crippen molar-refractivity contribution in [2.24, 2.45) is 0 Å². The van der Waals surface area contributed by atoms with Crippen LogP contribution in [0.25, 0.3) is 11.5 Å². The zero-order valence-corrected chi connectivity index (χ0v) is 15.2. The van der Waals surface area contributed by atoms with Crippen LogP contribution in [0.1, 0.15) is 11.1 Å². The highest BCUT2D eigenvalue weighted by Crippen LogP contribution is 2.30. The van der Waals surface area contributed by atoms with Crippen molar-refractivity contribution >= 4 is 29.0 Å². The van der Waals surface area contributed by atoms with Crippen LogP contribution < -0.4 is 0 Å². The van der Waals surface area contributed by atoms with E-state index < -0.39 is 0 Å². The summed E-state index contributed by atoms with van der Waals surface area (Å²) in [5.41, 5.74) is 2.43. The van der Waals surface area contributed by atoms with Gasteiger partial charge in [0.25, 0.3) is 0 Å². The average Bonchev–Trinajstić information content (AvgIpc) is 2.68.